The molecule has 0 saturated carbocycles. The van der Waals surface area contributed by atoms with Crippen LogP contribution in [0.25, 0.3) is 17.2 Å². The van der Waals surface area contributed by atoms with E-state index >= 15 is 0 Å². The SMILES string of the molecule is CC(C)(C)[NH-].CC(C)(C)[NH-].CC(C)(C)[NH-].F[Si](F)F.[C-]1=CC=CC1.[Zr+4]. The number of rotatable bonds is 0. The molecule has 0 aliphatic heterocycles. The smallest absolute Gasteiger partial charge is 0.673 e. The molecule has 0 atom stereocenters. The van der Waals surface area contributed by atoms with Gasteiger partial charge in [-0.05, 0) is 0 Å². The molecule has 3 nitrogen and oxygen atoms in total. The molecule has 0 spiro atoms. The van der Waals surface area contributed by atoms with Crippen LogP contribution in [0.5, 0.6) is 0 Å². The maximum absolute atomic E-state index is 9.77. The minimum Gasteiger partial charge on any atom is -0.673 e. The number of hydrogen-bond acceptors (Lipinski definition) is 0. The maximum atomic E-state index is 9.77. The van der Waals surface area contributed by atoms with Gasteiger partial charge in [-0.2, -0.15) is 6.08 Å². The molecular weight excluding hydrogens is 423 g/mol. The van der Waals surface area contributed by atoms with Crippen molar-refractivity contribution in [3.8, 4) is 0 Å². The molecule has 147 valence electrons. The maximum Gasteiger partial charge on any atom is 4.00 e. The summed E-state index contributed by atoms with van der Waals surface area (Å²) in [5.74, 6) is 0. The van der Waals surface area contributed by atoms with E-state index in [1.165, 1.54) is 0 Å². The predicted octanol–water partition coefficient (Wildman–Crippen LogP) is 7.69. The average Bonchev–Trinajstić information content (AvgIpc) is 2.61. The first-order chi connectivity index (χ1) is 10.2. The van der Waals surface area contributed by atoms with E-state index < -0.39 is 9.80 Å². The van der Waals surface area contributed by atoms with Crippen molar-refractivity contribution in [2.75, 3.05) is 0 Å². The third kappa shape index (κ3) is 436. The summed E-state index contributed by atoms with van der Waals surface area (Å²) in [6, 6.07) is 0. The Morgan fingerprint density at radius 1 is 0.760 bits per heavy atom. The van der Waals surface area contributed by atoms with Crippen molar-refractivity contribution in [1.82, 2.24) is 0 Å². The second kappa shape index (κ2) is 19.0. The number of hydrogen-bond donors (Lipinski definition) is 0. The molecule has 0 aromatic carbocycles. The molecule has 0 saturated heterocycles. The van der Waals surface area contributed by atoms with Gasteiger partial charge in [-0.1, -0.05) is 62.3 Å². The Morgan fingerprint density at radius 2 is 0.960 bits per heavy atom. The third-order valence-corrected chi connectivity index (χ3v) is 0.586. The standard InChI is InChI=1S/C5H5.3C4H10N.F3Si.Zr/c1-2-4-5-3-1;3*1-4(2,3)5;1-4(2)3;/h1-3H,4H2;3*5H,1-3H3;;/q4*-1;;+4. The van der Waals surface area contributed by atoms with Gasteiger partial charge < -0.3 is 17.2 Å². The Hall–Kier alpha value is 0.250. The van der Waals surface area contributed by atoms with Crippen molar-refractivity contribution < 1.29 is 38.5 Å². The summed E-state index contributed by atoms with van der Waals surface area (Å²) in [5.41, 5.74) is 20.1. The van der Waals surface area contributed by atoms with E-state index in [4.69, 9.17) is 17.2 Å². The molecule has 1 aliphatic carbocycles. The quantitative estimate of drug-likeness (QED) is 0.203. The van der Waals surface area contributed by atoms with E-state index in [2.05, 4.69) is 12.2 Å². The molecule has 8 heteroatoms. The summed E-state index contributed by atoms with van der Waals surface area (Å²) >= 11 is 0. The second-order valence-corrected chi connectivity index (χ2v) is 8.40. The summed E-state index contributed by atoms with van der Waals surface area (Å²) in [6.45, 7) is 16.7. The molecule has 0 unspecified atom stereocenters. The van der Waals surface area contributed by atoms with E-state index in [0.717, 1.165) is 6.42 Å². The van der Waals surface area contributed by atoms with E-state index in [0.29, 0.717) is 0 Å². The first kappa shape index (κ1) is 36.2. The van der Waals surface area contributed by atoms with Crippen molar-refractivity contribution in [3.63, 3.8) is 0 Å². The van der Waals surface area contributed by atoms with Crippen LogP contribution >= 0.6 is 0 Å². The normalized spacial score (nSPS) is 12.2. The molecule has 0 fully saturated rings. The van der Waals surface area contributed by atoms with Crippen LogP contribution in [0.4, 0.5) is 12.3 Å². The summed E-state index contributed by atoms with van der Waals surface area (Å²) < 4.78 is 29.3. The Bertz CT molecular complexity index is 259. The first-order valence-electron chi connectivity index (χ1n) is 7.53. The molecule has 1 aliphatic rings. The Labute approximate surface area is 174 Å². The van der Waals surface area contributed by atoms with Crippen molar-refractivity contribution in [3.05, 3.63) is 41.5 Å². The second-order valence-electron chi connectivity index (χ2n) is 7.97. The van der Waals surface area contributed by atoms with E-state index in [-0.39, 0.29) is 42.8 Å². The number of nitrogens with one attached hydrogen (secondary N) is 3. The van der Waals surface area contributed by atoms with E-state index in [9.17, 15) is 12.3 Å². The topological polar surface area (TPSA) is 71.4 Å². The van der Waals surface area contributed by atoms with Crippen molar-refractivity contribution in [1.29, 1.82) is 0 Å². The van der Waals surface area contributed by atoms with Gasteiger partial charge in [0.15, 0.2) is 0 Å². The van der Waals surface area contributed by atoms with Gasteiger partial charge in [0.1, 0.15) is 0 Å². The van der Waals surface area contributed by atoms with Gasteiger partial charge in [-0.3, -0.25) is 6.08 Å². The fourth-order valence-corrected chi connectivity index (χ4v) is 0.340. The van der Waals surface area contributed by atoms with Crippen LogP contribution in [0.2, 0.25) is 0 Å². The van der Waals surface area contributed by atoms with Gasteiger partial charge in [0.05, 0.1) is 0 Å². The summed E-state index contributed by atoms with van der Waals surface area (Å²) in [5, 5.41) is 0. The first-order valence-corrected chi connectivity index (χ1v) is 8.67. The van der Waals surface area contributed by atoms with Crippen molar-refractivity contribution >= 4 is 9.80 Å². The van der Waals surface area contributed by atoms with E-state index in [1.807, 2.05) is 74.5 Å². The molecular formula is C17H35F3N3SiZr. The molecule has 25 heavy (non-hydrogen) atoms. The average molecular weight is 458 g/mol. The Balaban J connectivity index is -0.0000000662. The molecule has 0 amide bonds. The Morgan fingerprint density at radius 3 is 1.00 bits per heavy atom. The summed E-state index contributed by atoms with van der Waals surface area (Å²) in [4.78, 5) is 0. The largest absolute Gasteiger partial charge is 4.00 e. The predicted molar refractivity (Wildman–Crippen MR) is 103 cm³/mol. The molecule has 3 N–H and O–H groups in total. The van der Waals surface area contributed by atoms with Gasteiger partial charge in [0.25, 0.3) is 0 Å². The molecule has 0 heterocycles. The van der Waals surface area contributed by atoms with Crippen molar-refractivity contribution in [2.45, 2.75) is 85.4 Å². The van der Waals surface area contributed by atoms with Crippen LogP contribution in [0, 0.1) is 6.08 Å². The fourth-order valence-electron chi connectivity index (χ4n) is 0.340. The third-order valence-electron chi connectivity index (χ3n) is 0.586. The molecule has 1 radical (unpaired) electrons. The minimum absolute atomic E-state index is 0. The van der Waals surface area contributed by atoms with Gasteiger partial charge in [-0.25, -0.2) is 24.5 Å². The van der Waals surface area contributed by atoms with Crippen LogP contribution in [0.3, 0.4) is 0 Å². The monoisotopic (exact) mass is 456 g/mol. The minimum atomic E-state index is -4.38. The Kier molecular flexibility index (Phi) is 27.6. The summed E-state index contributed by atoms with van der Waals surface area (Å²) in [7, 11) is -4.38. The van der Waals surface area contributed by atoms with Gasteiger partial charge >= 0.3 is 36.0 Å². The van der Waals surface area contributed by atoms with Gasteiger partial charge in [-0.15, -0.1) is 23.0 Å². The van der Waals surface area contributed by atoms with Crippen LogP contribution in [0.15, 0.2) is 18.2 Å². The zero-order chi connectivity index (χ0) is 20.6. The van der Waals surface area contributed by atoms with Gasteiger partial charge in [0.2, 0.25) is 0 Å². The summed E-state index contributed by atoms with van der Waals surface area (Å²) in [6.07, 6.45) is 10.0. The zero-order valence-corrected chi connectivity index (χ0v) is 20.5. The van der Waals surface area contributed by atoms with Crippen molar-refractivity contribution in [2.24, 2.45) is 0 Å². The van der Waals surface area contributed by atoms with Crippen LogP contribution in [-0.4, -0.2) is 26.4 Å². The van der Waals surface area contributed by atoms with Crippen LogP contribution in [0.1, 0.15) is 68.7 Å². The molecule has 1 rings (SSSR count). The number of halogens is 3. The molecule has 0 bridgehead atoms. The van der Waals surface area contributed by atoms with Crippen LogP contribution in [-0.2, 0) is 26.2 Å². The molecule has 0 aromatic rings. The number of allylic oxidation sites excluding steroid dienone is 4. The molecule has 0 aromatic heterocycles. The van der Waals surface area contributed by atoms with E-state index in [1.54, 1.807) is 0 Å². The van der Waals surface area contributed by atoms with Gasteiger partial charge in [0, 0.05) is 0 Å². The fraction of sp³-hybridized carbons (Fsp3) is 0.765. The zero-order valence-electron chi connectivity index (χ0n) is 17.1. The van der Waals surface area contributed by atoms with Crippen LogP contribution < -0.4 is 0 Å².